The highest BCUT2D eigenvalue weighted by atomic mass is 79.9. The zero-order valence-corrected chi connectivity index (χ0v) is 9.53. The molecule has 0 radical (unpaired) electrons. The minimum absolute atomic E-state index is 0.0437. The van der Waals surface area contributed by atoms with Gasteiger partial charge in [0.15, 0.2) is 0 Å². The van der Waals surface area contributed by atoms with Gasteiger partial charge in [0.25, 0.3) is 0 Å². The summed E-state index contributed by atoms with van der Waals surface area (Å²) in [4.78, 5) is 0. The van der Waals surface area contributed by atoms with E-state index in [9.17, 15) is 13.9 Å². The lowest BCUT2D eigenvalue weighted by Gasteiger charge is -2.17. The van der Waals surface area contributed by atoms with Gasteiger partial charge in [0, 0.05) is 16.5 Å². The van der Waals surface area contributed by atoms with Crippen molar-refractivity contribution in [1.82, 2.24) is 0 Å². The van der Waals surface area contributed by atoms with Crippen molar-refractivity contribution in [1.29, 1.82) is 0 Å². The van der Waals surface area contributed by atoms with Crippen molar-refractivity contribution >= 4 is 15.9 Å². The Morgan fingerprint density at radius 2 is 1.71 bits per heavy atom. The molecular weight excluding hydrogens is 254 g/mol. The van der Waals surface area contributed by atoms with Gasteiger partial charge in [0.05, 0.1) is 5.60 Å². The molecule has 0 aliphatic carbocycles. The van der Waals surface area contributed by atoms with Gasteiger partial charge in [-0.2, -0.15) is 0 Å². The summed E-state index contributed by atoms with van der Waals surface area (Å²) in [7, 11) is 0. The van der Waals surface area contributed by atoms with Crippen LogP contribution in [0.25, 0.3) is 0 Å². The van der Waals surface area contributed by atoms with E-state index < -0.39 is 17.2 Å². The van der Waals surface area contributed by atoms with Crippen LogP contribution < -0.4 is 0 Å². The molecule has 1 rings (SSSR count). The van der Waals surface area contributed by atoms with Gasteiger partial charge in [-0.3, -0.25) is 0 Å². The highest BCUT2D eigenvalue weighted by Gasteiger charge is 2.19. The summed E-state index contributed by atoms with van der Waals surface area (Å²) in [5.41, 5.74) is -1.20. The molecule has 0 amide bonds. The summed E-state index contributed by atoms with van der Waals surface area (Å²) < 4.78 is 26.9. The van der Waals surface area contributed by atoms with Crippen molar-refractivity contribution in [2.75, 3.05) is 0 Å². The molecule has 0 spiro atoms. The van der Waals surface area contributed by atoms with Crippen molar-refractivity contribution in [3.8, 4) is 0 Å². The summed E-state index contributed by atoms with van der Waals surface area (Å²) in [6.07, 6.45) is -0.0437. The van der Waals surface area contributed by atoms with E-state index in [4.69, 9.17) is 0 Å². The fourth-order valence-corrected chi connectivity index (χ4v) is 1.58. The molecule has 0 aliphatic heterocycles. The summed E-state index contributed by atoms with van der Waals surface area (Å²) in [6, 6.07) is 2.37. The second-order valence-electron chi connectivity index (χ2n) is 3.84. The normalized spacial score (nSPS) is 11.9. The van der Waals surface area contributed by atoms with E-state index in [1.807, 2.05) is 0 Å². The van der Waals surface area contributed by atoms with Crippen LogP contribution in [0.5, 0.6) is 0 Å². The Morgan fingerprint density at radius 1 is 1.29 bits per heavy atom. The summed E-state index contributed by atoms with van der Waals surface area (Å²) in [5.74, 6) is -1.28. The van der Waals surface area contributed by atoms with Gasteiger partial charge in [0.2, 0.25) is 0 Å². The van der Waals surface area contributed by atoms with Crippen LogP contribution in [0, 0.1) is 11.6 Å². The minimum atomic E-state index is -1.12. The van der Waals surface area contributed by atoms with Gasteiger partial charge >= 0.3 is 0 Å². The van der Waals surface area contributed by atoms with Gasteiger partial charge in [-0.25, -0.2) is 8.78 Å². The molecule has 0 bridgehead atoms. The predicted octanol–water partition coefficient (Wildman–Crippen LogP) is 3.04. The SMILES string of the molecule is CC(C)(O)Cc1c(F)cc(Br)cc1F. The van der Waals surface area contributed by atoms with E-state index in [0.29, 0.717) is 4.47 Å². The van der Waals surface area contributed by atoms with Crippen LogP contribution in [0.4, 0.5) is 8.78 Å². The van der Waals surface area contributed by atoms with Gasteiger partial charge in [-0.05, 0) is 26.0 Å². The maximum Gasteiger partial charge on any atom is 0.130 e. The van der Waals surface area contributed by atoms with Crippen molar-refractivity contribution < 1.29 is 13.9 Å². The molecule has 0 saturated carbocycles. The molecule has 0 unspecified atom stereocenters. The summed E-state index contributed by atoms with van der Waals surface area (Å²) in [6.45, 7) is 3.02. The number of halogens is 3. The predicted molar refractivity (Wildman–Crippen MR) is 54.1 cm³/mol. The van der Waals surface area contributed by atoms with Gasteiger partial charge in [-0.15, -0.1) is 0 Å². The third-order valence-electron chi connectivity index (χ3n) is 1.72. The lowest BCUT2D eigenvalue weighted by Crippen LogP contribution is -2.23. The van der Waals surface area contributed by atoms with Crippen LogP contribution in [0.3, 0.4) is 0 Å². The Morgan fingerprint density at radius 3 is 2.07 bits per heavy atom. The standard InChI is InChI=1S/C10H11BrF2O/c1-10(2,14)5-7-8(12)3-6(11)4-9(7)13/h3-4,14H,5H2,1-2H3. The van der Waals surface area contributed by atoms with E-state index in [1.165, 1.54) is 26.0 Å². The number of aliphatic hydroxyl groups is 1. The van der Waals surface area contributed by atoms with E-state index in [0.717, 1.165) is 0 Å². The number of rotatable bonds is 2. The highest BCUT2D eigenvalue weighted by Crippen LogP contribution is 2.23. The van der Waals surface area contributed by atoms with Gasteiger partial charge < -0.3 is 5.11 Å². The Balaban J connectivity index is 3.09. The molecule has 1 nitrogen and oxygen atoms in total. The molecule has 0 atom stereocenters. The third-order valence-corrected chi connectivity index (χ3v) is 2.17. The van der Waals surface area contributed by atoms with Crippen molar-refractivity contribution in [3.05, 3.63) is 33.8 Å². The smallest absolute Gasteiger partial charge is 0.130 e. The van der Waals surface area contributed by atoms with Crippen LogP contribution in [-0.2, 0) is 6.42 Å². The molecule has 1 aromatic rings. The minimum Gasteiger partial charge on any atom is -0.390 e. The van der Waals surface area contributed by atoms with E-state index in [1.54, 1.807) is 0 Å². The lowest BCUT2D eigenvalue weighted by atomic mass is 9.98. The Hall–Kier alpha value is -0.480. The molecule has 0 heterocycles. The zero-order chi connectivity index (χ0) is 10.9. The first-order chi connectivity index (χ1) is 6.29. The van der Waals surface area contributed by atoms with Crippen molar-refractivity contribution in [3.63, 3.8) is 0 Å². The quantitative estimate of drug-likeness (QED) is 0.871. The number of benzene rings is 1. The average Bonchev–Trinajstić information content (AvgIpc) is 1.95. The molecule has 1 aromatic carbocycles. The second kappa shape index (κ2) is 3.95. The zero-order valence-electron chi connectivity index (χ0n) is 7.94. The molecular formula is C10H11BrF2O. The van der Waals surface area contributed by atoms with E-state index >= 15 is 0 Å². The van der Waals surface area contributed by atoms with Crippen molar-refractivity contribution in [2.24, 2.45) is 0 Å². The monoisotopic (exact) mass is 264 g/mol. The third kappa shape index (κ3) is 3.03. The van der Waals surface area contributed by atoms with E-state index in [-0.39, 0.29) is 12.0 Å². The maximum absolute atomic E-state index is 13.3. The molecule has 0 aromatic heterocycles. The van der Waals surface area contributed by atoms with Gasteiger partial charge in [0.1, 0.15) is 11.6 Å². The first kappa shape index (κ1) is 11.6. The Labute approximate surface area is 89.9 Å². The van der Waals surface area contributed by atoms with Gasteiger partial charge in [-0.1, -0.05) is 15.9 Å². The fourth-order valence-electron chi connectivity index (χ4n) is 1.17. The molecule has 14 heavy (non-hydrogen) atoms. The number of hydrogen-bond donors (Lipinski definition) is 1. The average molecular weight is 265 g/mol. The molecule has 0 aliphatic rings. The molecule has 78 valence electrons. The molecule has 1 N–H and O–H groups in total. The molecule has 4 heteroatoms. The molecule has 0 fully saturated rings. The van der Waals surface area contributed by atoms with Crippen LogP contribution in [-0.4, -0.2) is 10.7 Å². The first-order valence-corrected chi connectivity index (χ1v) is 4.95. The highest BCUT2D eigenvalue weighted by molar-refractivity contribution is 9.10. The first-order valence-electron chi connectivity index (χ1n) is 4.15. The second-order valence-corrected chi connectivity index (χ2v) is 4.75. The summed E-state index contributed by atoms with van der Waals surface area (Å²) in [5, 5.41) is 9.44. The van der Waals surface area contributed by atoms with Crippen LogP contribution in [0.2, 0.25) is 0 Å². The van der Waals surface area contributed by atoms with Crippen LogP contribution in [0.1, 0.15) is 19.4 Å². The topological polar surface area (TPSA) is 20.2 Å². The molecule has 0 saturated heterocycles. The lowest BCUT2D eigenvalue weighted by molar-refractivity contribution is 0.0789. The van der Waals surface area contributed by atoms with Crippen LogP contribution >= 0.6 is 15.9 Å². The van der Waals surface area contributed by atoms with Crippen molar-refractivity contribution in [2.45, 2.75) is 25.9 Å². The summed E-state index contributed by atoms with van der Waals surface area (Å²) >= 11 is 2.98. The van der Waals surface area contributed by atoms with Crippen LogP contribution in [0.15, 0.2) is 16.6 Å². The largest absolute Gasteiger partial charge is 0.390 e. The van der Waals surface area contributed by atoms with E-state index in [2.05, 4.69) is 15.9 Å². The number of hydrogen-bond acceptors (Lipinski definition) is 1. The fraction of sp³-hybridized carbons (Fsp3) is 0.400. The Kier molecular flexibility index (Phi) is 3.27. The Bertz CT molecular complexity index is 321. The maximum atomic E-state index is 13.3.